The van der Waals surface area contributed by atoms with Crippen molar-refractivity contribution in [2.75, 3.05) is 13.6 Å². The second-order valence-electron chi connectivity index (χ2n) is 4.95. The highest BCUT2D eigenvalue weighted by Gasteiger charge is 2.01. The van der Waals surface area contributed by atoms with Crippen LogP contribution in [0.15, 0.2) is 34.6 Å². The van der Waals surface area contributed by atoms with E-state index in [0.29, 0.717) is 0 Å². The van der Waals surface area contributed by atoms with Crippen molar-refractivity contribution in [2.45, 2.75) is 26.8 Å². The van der Waals surface area contributed by atoms with Crippen molar-refractivity contribution < 1.29 is 0 Å². The number of hydrogen-bond donors (Lipinski definition) is 2. The minimum absolute atomic E-state index is 0.774. The molecule has 2 N–H and O–H groups in total. The van der Waals surface area contributed by atoms with Gasteiger partial charge in [0, 0.05) is 31.9 Å². The van der Waals surface area contributed by atoms with Gasteiger partial charge in [0.15, 0.2) is 5.96 Å². The van der Waals surface area contributed by atoms with Crippen LogP contribution in [0.2, 0.25) is 0 Å². The first kappa shape index (κ1) is 15.5. The zero-order chi connectivity index (χ0) is 15.1. The summed E-state index contributed by atoms with van der Waals surface area (Å²) in [7, 11) is 1.79. The van der Waals surface area contributed by atoms with Gasteiger partial charge in [0.2, 0.25) is 0 Å². The average Bonchev–Trinajstić information content (AvgIpc) is 2.90. The number of aryl methyl sites for hydroxylation is 2. The number of nitrogens with zero attached hydrogens (tertiary/aromatic N) is 2. The number of aromatic nitrogens is 1. The lowest BCUT2D eigenvalue weighted by Gasteiger charge is -2.11. The third kappa shape index (κ3) is 5.19. The third-order valence-corrected chi connectivity index (χ3v) is 3.97. The van der Waals surface area contributed by atoms with Crippen molar-refractivity contribution in [3.8, 4) is 0 Å². The Morgan fingerprint density at radius 3 is 2.57 bits per heavy atom. The molecule has 1 aromatic heterocycles. The van der Waals surface area contributed by atoms with Crippen LogP contribution in [0.25, 0.3) is 0 Å². The number of benzene rings is 1. The van der Waals surface area contributed by atoms with E-state index in [1.807, 2.05) is 6.92 Å². The average molecular weight is 302 g/mol. The maximum absolute atomic E-state index is 4.45. The highest BCUT2D eigenvalue weighted by atomic mass is 32.1. The molecule has 0 atom stereocenters. The fraction of sp³-hybridized carbons (Fsp3) is 0.375. The maximum Gasteiger partial charge on any atom is 0.191 e. The van der Waals surface area contributed by atoms with Crippen LogP contribution in [0.4, 0.5) is 0 Å². The molecule has 0 saturated heterocycles. The first-order valence-electron chi connectivity index (χ1n) is 7.08. The second kappa shape index (κ2) is 7.78. The standard InChI is InChI=1S/C16H22N4S/c1-12-4-6-14(7-5-12)10-19-16(17-3)18-9-8-15-11-21-13(2)20-15/h4-7,11H,8-10H2,1-3H3,(H2,17,18,19). The minimum atomic E-state index is 0.774. The molecule has 0 bridgehead atoms. The highest BCUT2D eigenvalue weighted by Crippen LogP contribution is 2.07. The number of aliphatic imine (C=N–C) groups is 1. The highest BCUT2D eigenvalue weighted by molar-refractivity contribution is 7.09. The summed E-state index contributed by atoms with van der Waals surface area (Å²) in [5.41, 5.74) is 3.66. The third-order valence-electron chi connectivity index (χ3n) is 3.14. The molecule has 0 radical (unpaired) electrons. The van der Waals surface area contributed by atoms with Gasteiger partial charge in [0.05, 0.1) is 10.7 Å². The summed E-state index contributed by atoms with van der Waals surface area (Å²) in [6.07, 6.45) is 0.912. The molecule has 0 amide bonds. The van der Waals surface area contributed by atoms with Gasteiger partial charge in [-0.3, -0.25) is 4.99 Å². The van der Waals surface area contributed by atoms with Crippen LogP contribution in [0.3, 0.4) is 0 Å². The summed E-state index contributed by atoms with van der Waals surface area (Å²) in [6, 6.07) is 8.51. The van der Waals surface area contributed by atoms with Crippen LogP contribution in [0.5, 0.6) is 0 Å². The summed E-state index contributed by atoms with van der Waals surface area (Å²) in [6.45, 7) is 5.73. The fourth-order valence-corrected chi connectivity index (χ4v) is 2.59. The van der Waals surface area contributed by atoms with E-state index in [1.165, 1.54) is 11.1 Å². The molecule has 0 aliphatic rings. The Bertz CT molecular complexity index is 587. The van der Waals surface area contributed by atoms with Crippen LogP contribution >= 0.6 is 11.3 Å². The molecule has 1 heterocycles. The van der Waals surface area contributed by atoms with Gasteiger partial charge in [-0.1, -0.05) is 29.8 Å². The maximum atomic E-state index is 4.45. The van der Waals surface area contributed by atoms with E-state index >= 15 is 0 Å². The van der Waals surface area contributed by atoms with E-state index in [4.69, 9.17) is 0 Å². The summed E-state index contributed by atoms with van der Waals surface area (Å²) >= 11 is 1.69. The molecule has 2 aromatic rings. The van der Waals surface area contributed by atoms with Crippen molar-refractivity contribution >= 4 is 17.3 Å². The van der Waals surface area contributed by atoms with Crippen LogP contribution in [0, 0.1) is 13.8 Å². The molecule has 0 fully saturated rings. The normalized spacial score (nSPS) is 11.5. The van der Waals surface area contributed by atoms with Gasteiger partial charge >= 0.3 is 0 Å². The Balaban J connectivity index is 1.74. The predicted octanol–water partition coefficient (Wildman–Crippen LogP) is 2.67. The molecule has 21 heavy (non-hydrogen) atoms. The zero-order valence-electron chi connectivity index (χ0n) is 12.8. The number of rotatable bonds is 5. The largest absolute Gasteiger partial charge is 0.356 e. The topological polar surface area (TPSA) is 49.3 Å². The van der Waals surface area contributed by atoms with Gasteiger partial charge in [-0.25, -0.2) is 4.98 Å². The van der Waals surface area contributed by atoms with E-state index in [9.17, 15) is 0 Å². The monoisotopic (exact) mass is 302 g/mol. The molecule has 0 unspecified atom stereocenters. The Morgan fingerprint density at radius 2 is 1.95 bits per heavy atom. The SMILES string of the molecule is CN=C(NCCc1csc(C)n1)NCc1ccc(C)cc1. The Kier molecular flexibility index (Phi) is 5.75. The van der Waals surface area contributed by atoms with Crippen molar-refractivity contribution in [2.24, 2.45) is 4.99 Å². The molecule has 1 aromatic carbocycles. The fourth-order valence-electron chi connectivity index (χ4n) is 1.94. The second-order valence-corrected chi connectivity index (χ2v) is 6.01. The van der Waals surface area contributed by atoms with E-state index in [0.717, 1.165) is 36.2 Å². The van der Waals surface area contributed by atoms with Gasteiger partial charge < -0.3 is 10.6 Å². The lowest BCUT2D eigenvalue weighted by Crippen LogP contribution is -2.37. The van der Waals surface area contributed by atoms with Crippen molar-refractivity contribution in [3.05, 3.63) is 51.5 Å². The van der Waals surface area contributed by atoms with Gasteiger partial charge in [-0.2, -0.15) is 0 Å². The molecular weight excluding hydrogens is 280 g/mol. The molecule has 112 valence electrons. The smallest absolute Gasteiger partial charge is 0.191 e. The summed E-state index contributed by atoms with van der Waals surface area (Å²) in [5, 5.41) is 9.86. The molecule has 5 heteroatoms. The molecule has 0 spiro atoms. The zero-order valence-corrected chi connectivity index (χ0v) is 13.6. The Morgan fingerprint density at radius 1 is 1.19 bits per heavy atom. The lowest BCUT2D eigenvalue weighted by molar-refractivity contribution is 0.786. The van der Waals surface area contributed by atoms with E-state index < -0.39 is 0 Å². The van der Waals surface area contributed by atoms with Crippen LogP contribution in [0.1, 0.15) is 21.8 Å². The molecule has 0 saturated carbocycles. The molecular formula is C16H22N4S. The molecule has 2 rings (SSSR count). The Hall–Kier alpha value is -1.88. The van der Waals surface area contributed by atoms with Crippen LogP contribution in [-0.2, 0) is 13.0 Å². The van der Waals surface area contributed by atoms with Gasteiger partial charge in [0.1, 0.15) is 0 Å². The molecule has 0 aliphatic heterocycles. The summed E-state index contributed by atoms with van der Waals surface area (Å²) < 4.78 is 0. The lowest BCUT2D eigenvalue weighted by atomic mass is 10.1. The Labute approximate surface area is 130 Å². The predicted molar refractivity (Wildman–Crippen MR) is 89.9 cm³/mol. The van der Waals surface area contributed by atoms with Crippen LogP contribution in [-0.4, -0.2) is 24.5 Å². The van der Waals surface area contributed by atoms with Crippen LogP contribution < -0.4 is 10.6 Å². The van der Waals surface area contributed by atoms with Gasteiger partial charge in [-0.05, 0) is 19.4 Å². The van der Waals surface area contributed by atoms with Gasteiger partial charge in [-0.15, -0.1) is 11.3 Å². The quantitative estimate of drug-likeness (QED) is 0.659. The number of hydrogen-bond acceptors (Lipinski definition) is 3. The number of thiazole rings is 1. The van der Waals surface area contributed by atoms with Gasteiger partial charge in [0.25, 0.3) is 0 Å². The number of guanidine groups is 1. The first-order chi connectivity index (χ1) is 10.2. The van der Waals surface area contributed by atoms with E-state index in [2.05, 4.69) is 57.2 Å². The van der Waals surface area contributed by atoms with Crippen molar-refractivity contribution in [1.82, 2.24) is 15.6 Å². The van der Waals surface area contributed by atoms with Crippen molar-refractivity contribution in [1.29, 1.82) is 0 Å². The van der Waals surface area contributed by atoms with E-state index in [-0.39, 0.29) is 0 Å². The van der Waals surface area contributed by atoms with E-state index in [1.54, 1.807) is 18.4 Å². The molecule has 4 nitrogen and oxygen atoms in total. The number of nitrogens with one attached hydrogen (secondary N) is 2. The minimum Gasteiger partial charge on any atom is -0.356 e. The summed E-state index contributed by atoms with van der Waals surface area (Å²) in [5.74, 6) is 0.822. The summed E-state index contributed by atoms with van der Waals surface area (Å²) in [4.78, 5) is 8.69. The molecule has 0 aliphatic carbocycles. The van der Waals surface area contributed by atoms with Crippen molar-refractivity contribution in [3.63, 3.8) is 0 Å². The first-order valence-corrected chi connectivity index (χ1v) is 7.96.